The summed E-state index contributed by atoms with van der Waals surface area (Å²) in [5.74, 6) is 1.66. The maximum absolute atomic E-state index is 5.93. The molecule has 21 heavy (non-hydrogen) atoms. The molecule has 1 unspecified atom stereocenters. The van der Waals surface area contributed by atoms with Gasteiger partial charge in [-0.05, 0) is 54.2 Å². The van der Waals surface area contributed by atoms with Crippen LogP contribution in [0.25, 0.3) is 0 Å². The smallest absolute Gasteiger partial charge is 0.119 e. The van der Waals surface area contributed by atoms with E-state index in [4.69, 9.17) is 10.5 Å². The van der Waals surface area contributed by atoms with E-state index >= 15 is 0 Å². The molecule has 0 saturated heterocycles. The first-order chi connectivity index (χ1) is 10.3. The fraction of sp³-hybridized carbons (Fsp3) is 0.333. The van der Waals surface area contributed by atoms with Gasteiger partial charge < -0.3 is 15.8 Å². The molecule has 0 spiro atoms. The molecule has 0 aliphatic heterocycles. The lowest BCUT2D eigenvalue weighted by Gasteiger charge is -2.19. The Hall–Kier alpha value is -2.00. The molecule has 3 N–H and O–H groups in total. The molecule has 1 aliphatic rings. The second kappa shape index (κ2) is 6.19. The SMILES string of the molecule is COc1ccc(NC(CN)c2ccc(C3CC3)cc2)cc1. The number of benzene rings is 2. The summed E-state index contributed by atoms with van der Waals surface area (Å²) >= 11 is 0. The Labute approximate surface area is 126 Å². The van der Waals surface area contributed by atoms with Gasteiger partial charge in [0, 0.05) is 12.2 Å². The monoisotopic (exact) mass is 282 g/mol. The van der Waals surface area contributed by atoms with Gasteiger partial charge in [0.05, 0.1) is 13.2 Å². The lowest BCUT2D eigenvalue weighted by Crippen LogP contribution is -2.20. The summed E-state index contributed by atoms with van der Waals surface area (Å²) in [5, 5.41) is 3.48. The standard InChI is InChI=1S/C18H22N2O/c1-21-17-10-8-16(9-11-17)20-18(12-19)15-6-4-14(5-7-15)13-2-3-13/h4-11,13,18,20H,2-3,12,19H2,1H3. The van der Waals surface area contributed by atoms with Crippen LogP contribution < -0.4 is 15.8 Å². The molecule has 0 bridgehead atoms. The molecule has 0 heterocycles. The van der Waals surface area contributed by atoms with Crippen LogP contribution in [0.3, 0.4) is 0 Å². The number of methoxy groups -OCH3 is 1. The highest BCUT2D eigenvalue weighted by Crippen LogP contribution is 2.40. The van der Waals surface area contributed by atoms with E-state index in [0.717, 1.165) is 17.4 Å². The van der Waals surface area contributed by atoms with Gasteiger partial charge in [-0.1, -0.05) is 24.3 Å². The average Bonchev–Trinajstić information content (AvgIpc) is 3.38. The Kier molecular flexibility index (Phi) is 4.11. The third kappa shape index (κ3) is 3.37. The molecule has 110 valence electrons. The Balaban J connectivity index is 1.70. The summed E-state index contributed by atoms with van der Waals surface area (Å²) in [4.78, 5) is 0. The van der Waals surface area contributed by atoms with Crippen molar-refractivity contribution in [2.45, 2.75) is 24.8 Å². The second-order valence-corrected chi connectivity index (χ2v) is 5.60. The highest BCUT2D eigenvalue weighted by molar-refractivity contribution is 5.48. The van der Waals surface area contributed by atoms with Crippen LogP contribution in [0.15, 0.2) is 48.5 Å². The Bertz CT molecular complexity index is 573. The molecule has 2 aromatic carbocycles. The molecule has 1 aliphatic carbocycles. The molecule has 3 heteroatoms. The summed E-state index contributed by atoms with van der Waals surface area (Å²) in [5.41, 5.74) is 9.68. The topological polar surface area (TPSA) is 47.3 Å². The van der Waals surface area contributed by atoms with Crippen molar-refractivity contribution in [3.8, 4) is 5.75 Å². The van der Waals surface area contributed by atoms with Gasteiger partial charge in [-0.3, -0.25) is 0 Å². The van der Waals surface area contributed by atoms with Gasteiger partial charge in [0.1, 0.15) is 5.75 Å². The van der Waals surface area contributed by atoms with Gasteiger partial charge in [0.25, 0.3) is 0 Å². The van der Waals surface area contributed by atoms with Crippen LogP contribution >= 0.6 is 0 Å². The van der Waals surface area contributed by atoms with Crippen molar-refractivity contribution >= 4 is 5.69 Å². The summed E-state index contributed by atoms with van der Waals surface area (Å²) < 4.78 is 5.17. The number of ether oxygens (including phenoxy) is 1. The van der Waals surface area contributed by atoms with E-state index < -0.39 is 0 Å². The number of nitrogens with one attached hydrogen (secondary N) is 1. The van der Waals surface area contributed by atoms with Crippen LogP contribution in [0.5, 0.6) is 5.75 Å². The summed E-state index contributed by atoms with van der Waals surface area (Å²) in [6, 6.07) is 16.9. The fourth-order valence-corrected chi connectivity index (χ4v) is 2.58. The van der Waals surface area contributed by atoms with Crippen LogP contribution in [-0.2, 0) is 0 Å². The van der Waals surface area contributed by atoms with Crippen molar-refractivity contribution in [2.24, 2.45) is 5.73 Å². The highest BCUT2D eigenvalue weighted by Gasteiger charge is 2.23. The van der Waals surface area contributed by atoms with Crippen molar-refractivity contribution in [1.29, 1.82) is 0 Å². The first-order valence-corrected chi connectivity index (χ1v) is 7.50. The predicted octanol–water partition coefficient (Wildman–Crippen LogP) is 3.68. The van der Waals surface area contributed by atoms with Gasteiger partial charge >= 0.3 is 0 Å². The van der Waals surface area contributed by atoms with Gasteiger partial charge in [0.2, 0.25) is 0 Å². The fourth-order valence-electron chi connectivity index (χ4n) is 2.58. The molecule has 3 rings (SSSR count). The number of hydrogen-bond acceptors (Lipinski definition) is 3. The molecular formula is C18H22N2O. The molecule has 1 atom stereocenters. The minimum atomic E-state index is 0.131. The minimum Gasteiger partial charge on any atom is -0.497 e. The van der Waals surface area contributed by atoms with E-state index in [-0.39, 0.29) is 6.04 Å². The molecule has 3 nitrogen and oxygen atoms in total. The molecular weight excluding hydrogens is 260 g/mol. The predicted molar refractivity (Wildman–Crippen MR) is 86.8 cm³/mol. The average molecular weight is 282 g/mol. The third-order valence-corrected chi connectivity index (χ3v) is 4.05. The van der Waals surface area contributed by atoms with E-state index in [9.17, 15) is 0 Å². The Morgan fingerprint density at radius 2 is 1.76 bits per heavy atom. The Morgan fingerprint density at radius 1 is 1.10 bits per heavy atom. The molecule has 1 fully saturated rings. The molecule has 2 aromatic rings. The summed E-state index contributed by atoms with van der Waals surface area (Å²) in [6.45, 7) is 0.564. The second-order valence-electron chi connectivity index (χ2n) is 5.60. The van der Waals surface area contributed by atoms with E-state index in [0.29, 0.717) is 6.54 Å². The van der Waals surface area contributed by atoms with Crippen LogP contribution in [0.2, 0.25) is 0 Å². The van der Waals surface area contributed by atoms with Gasteiger partial charge in [0.15, 0.2) is 0 Å². The maximum atomic E-state index is 5.93. The van der Waals surface area contributed by atoms with Crippen LogP contribution in [-0.4, -0.2) is 13.7 Å². The number of hydrogen-bond donors (Lipinski definition) is 2. The zero-order valence-electron chi connectivity index (χ0n) is 12.4. The number of nitrogens with two attached hydrogens (primary N) is 1. The van der Waals surface area contributed by atoms with E-state index in [1.807, 2.05) is 24.3 Å². The lowest BCUT2D eigenvalue weighted by molar-refractivity contribution is 0.415. The zero-order chi connectivity index (χ0) is 14.7. The van der Waals surface area contributed by atoms with Crippen molar-refractivity contribution in [3.05, 3.63) is 59.7 Å². The quantitative estimate of drug-likeness (QED) is 0.849. The largest absolute Gasteiger partial charge is 0.497 e. The van der Waals surface area contributed by atoms with E-state index in [2.05, 4.69) is 29.6 Å². The molecule has 0 radical (unpaired) electrons. The number of rotatable bonds is 6. The number of anilines is 1. The molecule has 1 saturated carbocycles. The van der Waals surface area contributed by atoms with E-state index in [1.165, 1.54) is 24.0 Å². The van der Waals surface area contributed by atoms with E-state index in [1.54, 1.807) is 7.11 Å². The van der Waals surface area contributed by atoms with Gasteiger partial charge in [-0.25, -0.2) is 0 Å². The normalized spacial score (nSPS) is 15.5. The van der Waals surface area contributed by atoms with Crippen LogP contribution in [0.1, 0.15) is 35.9 Å². The van der Waals surface area contributed by atoms with Crippen LogP contribution in [0.4, 0.5) is 5.69 Å². The maximum Gasteiger partial charge on any atom is 0.119 e. The lowest BCUT2D eigenvalue weighted by atomic mass is 10.0. The van der Waals surface area contributed by atoms with Gasteiger partial charge in [-0.2, -0.15) is 0 Å². The van der Waals surface area contributed by atoms with Crippen LogP contribution in [0, 0.1) is 0 Å². The summed E-state index contributed by atoms with van der Waals surface area (Å²) in [7, 11) is 1.67. The van der Waals surface area contributed by atoms with Crippen molar-refractivity contribution in [1.82, 2.24) is 0 Å². The van der Waals surface area contributed by atoms with Crippen molar-refractivity contribution in [3.63, 3.8) is 0 Å². The first-order valence-electron chi connectivity index (χ1n) is 7.50. The van der Waals surface area contributed by atoms with Gasteiger partial charge in [-0.15, -0.1) is 0 Å². The first kappa shape index (κ1) is 14.0. The zero-order valence-corrected chi connectivity index (χ0v) is 12.4. The minimum absolute atomic E-state index is 0.131. The third-order valence-electron chi connectivity index (χ3n) is 4.05. The summed E-state index contributed by atoms with van der Waals surface area (Å²) in [6.07, 6.45) is 2.67. The Morgan fingerprint density at radius 3 is 2.29 bits per heavy atom. The molecule has 0 aromatic heterocycles. The van der Waals surface area contributed by atoms with Crippen molar-refractivity contribution < 1.29 is 4.74 Å². The highest BCUT2D eigenvalue weighted by atomic mass is 16.5. The van der Waals surface area contributed by atoms with Crippen molar-refractivity contribution in [2.75, 3.05) is 19.0 Å². The molecule has 0 amide bonds.